The van der Waals surface area contributed by atoms with Crippen LogP contribution in [0, 0.1) is 0 Å². The first-order valence-electron chi connectivity index (χ1n) is 13.4. The van der Waals surface area contributed by atoms with E-state index in [1.54, 1.807) is 18.2 Å². The van der Waals surface area contributed by atoms with E-state index in [9.17, 15) is 31.1 Å². The molecule has 18 heteroatoms. The number of amidine groups is 2. The Morgan fingerprint density at radius 2 is 1.33 bits per heavy atom. The molecule has 0 bridgehead atoms. The van der Waals surface area contributed by atoms with Crippen molar-refractivity contribution in [2.75, 3.05) is 19.6 Å². The lowest BCUT2D eigenvalue weighted by molar-refractivity contribution is -0.138. The maximum absolute atomic E-state index is 12.9. The third-order valence-electron chi connectivity index (χ3n) is 6.75. The van der Waals surface area contributed by atoms with Crippen molar-refractivity contribution in [1.82, 2.24) is 29.5 Å². The molecule has 0 fully saturated rings. The van der Waals surface area contributed by atoms with E-state index in [1.807, 2.05) is 0 Å². The molecular formula is C28H27ClF6N10O. The monoisotopic (exact) mass is 668 g/mol. The topological polar surface area (TPSA) is 136 Å². The summed E-state index contributed by atoms with van der Waals surface area (Å²) in [5.41, 5.74) is 5.76. The van der Waals surface area contributed by atoms with Crippen LogP contribution in [0.2, 0.25) is 0 Å². The number of aliphatic imine (C=N–C) groups is 2. The molecule has 4 N–H and O–H groups in total. The second-order valence-electron chi connectivity index (χ2n) is 9.90. The Morgan fingerprint density at radius 1 is 0.826 bits per heavy atom. The van der Waals surface area contributed by atoms with Crippen molar-refractivity contribution in [3.05, 3.63) is 95.6 Å². The number of nitrogens with zero attached hydrogens (tertiary/aromatic N) is 8. The highest BCUT2D eigenvalue weighted by atomic mass is 35.5. The number of carbonyl (C=O) groups excluding carboxylic acids is 1. The van der Waals surface area contributed by atoms with Crippen LogP contribution in [0.3, 0.4) is 0 Å². The van der Waals surface area contributed by atoms with Crippen LogP contribution in [0.25, 0.3) is 11.4 Å². The third kappa shape index (κ3) is 7.21. The van der Waals surface area contributed by atoms with Gasteiger partial charge in [0.25, 0.3) is 0 Å². The summed E-state index contributed by atoms with van der Waals surface area (Å²) in [6, 6.07) is 13.0. The number of alkyl halides is 6. The fraction of sp³-hybridized carbons (Fsp3) is 0.250. The minimum Gasteiger partial charge on any atom is -0.308 e. The van der Waals surface area contributed by atoms with Gasteiger partial charge >= 0.3 is 12.4 Å². The van der Waals surface area contributed by atoms with E-state index in [0.717, 1.165) is 24.3 Å². The number of nitrogens with two attached hydrogens (primary N) is 2. The molecule has 4 aromatic rings. The number of rotatable bonds is 4. The highest BCUT2D eigenvalue weighted by molar-refractivity contribution is 6.08. The standard InChI is InChI=1S/C15H14F3N5O.C13H12F3N5.ClH/c1-9(24)22-8-13(19)21-14(22)12-5-6-20-23(12)11-4-2-3-10(7-11)15(16,17)18;14-13(15,16)9-2-1-3-10(8-9)21-11(4-5-19-21)12-18-6-7-20(12)17;/h2-7,13H,8,19H2,1H3;1-5,8H,6-7,17H2;1H. The fourth-order valence-electron chi connectivity index (χ4n) is 4.70. The van der Waals surface area contributed by atoms with Crippen LogP contribution in [0.5, 0.6) is 0 Å². The number of hydrazine groups is 1. The second kappa shape index (κ2) is 13.3. The molecule has 46 heavy (non-hydrogen) atoms. The maximum Gasteiger partial charge on any atom is 0.416 e. The number of hydrogen-bond donors (Lipinski definition) is 2. The molecule has 0 saturated heterocycles. The van der Waals surface area contributed by atoms with Gasteiger partial charge in [0.2, 0.25) is 5.91 Å². The van der Waals surface area contributed by atoms with E-state index in [4.69, 9.17) is 11.6 Å². The molecule has 2 aliphatic rings. The Morgan fingerprint density at radius 3 is 1.76 bits per heavy atom. The van der Waals surface area contributed by atoms with Gasteiger partial charge in [-0.2, -0.15) is 36.5 Å². The van der Waals surface area contributed by atoms with Gasteiger partial charge in [-0.1, -0.05) is 12.1 Å². The van der Waals surface area contributed by atoms with Crippen LogP contribution in [0.1, 0.15) is 29.4 Å². The van der Waals surface area contributed by atoms with E-state index in [2.05, 4.69) is 20.2 Å². The molecule has 6 rings (SSSR count). The van der Waals surface area contributed by atoms with E-state index in [0.29, 0.717) is 41.8 Å². The molecule has 2 aromatic carbocycles. The molecule has 0 spiro atoms. The number of carbonyl (C=O) groups is 1. The predicted molar refractivity (Wildman–Crippen MR) is 159 cm³/mol. The fourth-order valence-corrected chi connectivity index (χ4v) is 4.70. The van der Waals surface area contributed by atoms with E-state index < -0.39 is 29.6 Å². The van der Waals surface area contributed by atoms with Gasteiger partial charge in [0.15, 0.2) is 11.7 Å². The molecule has 244 valence electrons. The largest absolute Gasteiger partial charge is 0.416 e. The van der Waals surface area contributed by atoms with Crippen LogP contribution in [-0.4, -0.2) is 72.8 Å². The molecule has 0 saturated carbocycles. The molecule has 2 aliphatic heterocycles. The van der Waals surface area contributed by atoms with Crippen LogP contribution in [0.15, 0.2) is 83.0 Å². The summed E-state index contributed by atoms with van der Waals surface area (Å²) in [4.78, 5) is 21.6. The Hall–Kier alpha value is -4.74. The first kappa shape index (κ1) is 34.1. The smallest absolute Gasteiger partial charge is 0.308 e. The molecule has 1 amide bonds. The maximum atomic E-state index is 12.9. The SMILES string of the molecule is CC(=O)N1CC(N)N=C1c1ccnn1-c1cccc(C(F)(F)F)c1.Cl.NN1CCN=C1c1ccnn1-c1cccc(C(F)(F)F)c1. The average molecular weight is 669 g/mol. The number of aromatic nitrogens is 4. The zero-order valence-corrected chi connectivity index (χ0v) is 24.8. The first-order valence-corrected chi connectivity index (χ1v) is 13.4. The molecule has 4 heterocycles. The predicted octanol–water partition coefficient (Wildman–Crippen LogP) is 4.03. The summed E-state index contributed by atoms with van der Waals surface area (Å²) in [6.07, 6.45) is -6.49. The minimum atomic E-state index is -4.46. The van der Waals surface area contributed by atoms with Crippen molar-refractivity contribution < 1.29 is 31.1 Å². The summed E-state index contributed by atoms with van der Waals surface area (Å²) in [7, 11) is 0. The Balaban J connectivity index is 0.000000206. The van der Waals surface area contributed by atoms with Crippen LogP contribution in [-0.2, 0) is 17.1 Å². The van der Waals surface area contributed by atoms with Gasteiger partial charge in [-0.05, 0) is 48.5 Å². The zero-order chi connectivity index (χ0) is 32.5. The lowest BCUT2D eigenvalue weighted by atomic mass is 10.2. The van der Waals surface area contributed by atoms with Gasteiger partial charge in [0.05, 0.1) is 54.5 Å². The second-order valence-corrected chi connectivity index (χ2v) is 9.90. The molecule has 1 atom stereocenters. The normalized spacial score (nSPS) is 16.4. The van der Waals surface area contributed by atoms with Gasteiger partial charge in [0, 0.05) is 6.92 Å². The van der Waals surface area contributed by atoms with E-state index in [1.165, 1.54) is 56.8 Å². The van der Waals surface area contributed by atoms with E-state index >= 15 is 0 Å². The summed E-state index contributed by atoms with van der Waals surface area (Å²) in [5, 5.41) is 9.60. The summed E-state index contributed by atoms with van der Waals surface area (Å²) in [6.45, 7) is 2.72. The van der Waals surface area contributed by atoms with Crippen molar-refractivity contribution in [3.8, 4) is 11.4 Å². The zero-order valence-electron chi connectivity index (χ0n) is 23.9. The van der Waals surface area contributed by atoms with E-state index in [-0.39, 0.29) is 30.5 Å². The van der Waals surface area contributed by atoms with Crippen molar-refractivity contribution in [1.29, 1.82) is 0 Å². The van der Waals surface area contributed by atoms with Crippen molar-refractivity contribution in [2.45, 2.75) is 25.4 Å². The van der Waals surface area contributed by atoms with Crippen molar-refractivity contribution in [2.24, 2.45) is 21.6 Å². The number of halogens is 7. The van der Waals surface area contributed by atoms with Gasteiger partial charge in [-0.3, -0.25) is 19.7 Å². The molecule has 2 aromatic heterocycles. The highest BCUT2D eigenvalue weighted by Crippen LogP contribution is 2.32. The summed E-state index contributed by atoms with van der Waals surface area (Å²) < 4.78 is 79.8. The Labute approximate surface area is 264 Å². The molecule has 0 aliphatic carbocycles. The Bertz CT molecular complexity index is 1760. The van der Waals surface area contributed by atoms with Crippen LogP contribution < -0.4 is 11.6 Å². The third-order valence-corrected chi connectivity index (χ3v) is 6.75. The van der Waals surface area contributed by atoms with Crippen molar-refractivity contribution in [3.63, 3.8) is 0 Å². The minimum absolute atomic E-state index is 0. The van der Waals surface area contributed by atoms with Crippen LogP contribution >= 0.6 is 12.4 Å². The van der Waals surface area contributed by atoms with Gasteiger partial charge in [-0.15, -0.1) is 12.4 Å². The average Bonchev–Trinajstić information content (AvgIpc) is 3.79. The molecule has 0 radical (unpaired) electrons. The summed E-state index contributed by atoms with van der Waals surface area (Å²) in [5.74, 6) is 6.36. The quantitative estimate of drug-likeness (QED) is 0.249. The number of amides is 1. The van der Waals surface area contributed by atoms with Gasteiger partial charge < -0.3 is 5.73 Å². The van der Waals surface area contributed by atoms with Gasteiger partial charge in [0.1, 0.15) is 17.6 Å². The first-order chi connectivity index (χ1) is 21.2. The Kier molecular flexibility index (Phi) is 9.88. The van der Waals surface area contributed by atoms with Crippen molar-refractivity contribution >= 4 is 30.0 Å². The highest BCUT2D eigenvalue weighted by Gasteiger charge is 2.33. The van der Waals surface area contributed by atoms with Gasteiger partial charge in [-0.25, -0.2) is 20.2 Å². The summed E-state index contributed by atoms with van der Waals surface area (Å²) >= 11 is 0. The molecule has 1 unspecified atom stereocenters. The van der Waals surface area contributed by atoms with Crippen LogP contribution in [0.4, 0.5) is 26.3 Å². The number of benzene rings is 2. The molecule has 11 nitrogen and oxygen atoms in total. The lowest BCUT2D eigenvalue weighted by Gasteiger charge is -2.17. The number of hydrogen-bond acceptors (Lipinski definition) is 8. The molecular weight excluding hydrogens is 642 g/mol. The lowest BCUT2D eigenvalue weighted by Crippen LogP contribution is -2.36.